The van der Waals surface area contributed by atoms with Crippen molar-refractivity contribution in [1.82, 2.24) is 4.90 Å². The molecule has 1 aliphatic heterocycles. The highest BCUT2D eigenvalue weighted by molar-refractivity contribution is 5.91. The van der Waals surface area contributed by atoms with Gasteiger partial charge < -0.3 is 29.3 Å². The molecular formula is C23H30N3O5+. The van der Waals surface area contributed by atoms with Crippen molar-refractivity contribution in [3.05, 3.63) is 48.0 Å². The zero-order valence-electron chi connectivity index (χ0n) is 18.3. The van der Waals surface area contributed by atoms with Gasteiger partial charge in [0, 0.05) is 24.8 Å². The molecule has 2 aromatic carbocycles. The lowest BCUT2D eigenvalue weighted by Crippen LogP contribution is -3.11. The molecule has 1 heterocycles. The zero-order valence-corrected chi connectivity index (χ0v) is 18.3. The minimum absolute atomic E-state index is 0.0101. The number of quaternary nitrogens is 1. The molecule has 3 rings (SSSR count). The van der Waals surface area contributed by atoms with Gasteiger partial charge in [-0.05, 0) is 36.8 Å². The number of rotatable bonds is 9. The summed E-state index contributed by atoms with van der Waals surface area (Å²) in [6, 6.07) is 12.9. The normalized spacial score (nSPS) is 13.3. The summed E-state index contributed by atoms with van der Waals surface area (Å²) in [5, 5.41) is 2.84. The summed E-state index contributed by atoms with van der Waals surface area (Å²) in [4.78, 5) is 27.7. The number of ether oxygens (including phenoxy) is 3. The zero-order chi connectivity index (χ0) is 22.2. The van der Waals surface area contributed by atoms with E-state index >= 15 is 0 Å². The summed E-state index contributed by atoms with van der Waals surface area (Å²) in [6.45, 7) is 4.49. The average molecular weight is 429 g/mol. The van der Waals surface area contributed by atoms with Crippen molar-refractivity contribution in [3.8, 4) is 17.2 Å². The molecule has 2 aromatic rings. The van der Waals surface area contributed by atoms with Crippen molar-refractivity contribution < 1.29 is 28.7 Å². The number of fused-ring (bicyclic) bond motifs is 1. The SMILES string of the molecule is CCN(Cc1ccc2c(c1)OCCO2)C(=O)C[NH+](C)CC(=O)Nc1cccc(OC)c1. The molecule has 8 heteroatoms. The molecule has 0 bridgehead atoms. The van der Waals surface area contributed by atoms with Gasteiger partial charge in [0.15, 0.2) is 24.6 Å². The summed E-state index contributed by atoms with van der Waals surface area (Å²) in [5.41, 5.74) is 1.64. The van der Waals surface area contributed by atoms with E-state index in [-0.39, 0.29) is 24.9 Å². The first-order chi connectivity index (χ1) is 15.0. The number of anilines is 1. The molecular weight excluding hydrogens is 398 g/mol. The van der Waals surface area contributed by atoms with E-state index in [9.17, 15) is 9.59 Å². The van der Waals surface area contributed by atoms with E-state index in [1.54, 1.807) is 24.1 Å². The van der Waals surface area contributed by atoms with Crippen molar-refractivity contribution in [2.75, 3.05) is 52.3 Å². The van der Waals surface area contributed by atoms with E-state index in [4.69, 9.17) is 14.2 Å². The minimum Gasteiger partial charge on any atom is -0.497 e. The molecule has 166 valence electrons. The molecule has 0 saturated carbocycles. The van der Waals surface area contributed by atoms with E-state index in [1.807, 2.05) is 44.3 Å². The second-order valence-corrected chi connectivity index (χ2v) is 7.48. The number of likely N-dealkylation sites (N-methyl/N-ethyl adjacent to an activating group) is 2. The van der Waals surface area contributed by atoms with Gasteiger partial charge in [-0.3, -0.25) is 9.59 Å². The number of hydrogen-bond acceptors (Lipinski definition) is 5. The number of methoxy groups -OCH3 is 1. The third-order valence-corrected chi connectivity index (χ3v) is 4.98. The lowest BCUT2D eigenvalue weighted by atomic mass is 10.1. The van der Waals surface area contributed by atoms with Crippen LogP contribution in [-0.4, -0.2) is 63.7 Å². The van der Waals surface area contributed by atoms with Gasteiger partial charge in [-0.2, -0.15) is 0 Å². The van der Waals surface area contributed by atoms with Crippen LogP contribution < -0.4 is 24.4 Å². The van der Waals surface area contributed by atoms with E-state index in [0.29, 0.717) is 43.5 Å². The number of hydrogen-bond donors (Lipinski definition) is 2. The monoisotopic (exact) mass is 428 g/mol. The topological polar surface area (TPSA) is 81.5 Å². The summed E-state index contributed by atoms with van der Waals surface area (Å²) in [5.74, 6) is 1.95. The summed E-state index contributed by atoms with van der Waals surface area (Å²) in [6.07, 6.45) is 0. The van der Waals surface area contributed by atoms with Crippen LogP contribution in [0.2, 0.25) is 0 Å². The maximum Gasteiger partial charge on any atom is 0.279 e. The highest BCUT2D eigenvalue weighted by Gasteiger charge is 2.20. The summed E-state index contributed by atoms with van der Waals surface area (Å²) < 4.78 is 16.3. The number of nitrogens with zero attached hydrogens (tertiary/aromatic N) is 1. The predicted molar refractivity (Wildman–Crippen MR) is 117 cm³/mol. The third kappa shape index (κ3) is 6.36. The van der Waals surface area contributed by atoms with Crippen LogP contribution in [0.25, 0.3) is 0 Å². The van der Waals surface area contributed by atoms with E-state index in [0.717, 1.165) is 16.2 Å². The van der Waals surface area contributed by atoms with Crippen LogP contribution in [0.3, 0.4) is 0 Å². The van der Waals surface area contributed by atoms with Crippen molar-refractivity contribution in [1.29, 1.82) is 0 Å². The van der Waals surface area contributed by atoms with E-state index in [1.165, 1.54) is 0 Å². The first-order valence-electron chi connectivity index (χ1n) is 10.4. The first-order valence-corrected chi connectivity index (χ1v) is 10.4. The Morgan fingerprint density at radius 2 is 1.87 bits per heavy atom. The molecule has 0 saturated heterocycles. The Morgan fingerprint density at radius 1 is 1.10 bits per heavy atom. The van der Waals surface area contributed by atoms with Crippen LogP contribution in [0.1, 0.15) is 12.5 Å². The minimum atomic E-state index is -0.159. The Hall–Kier alpha value is -3.26. The lowest BCUT2D eigenvalue weighted by Gasteiger charge is -2.24. The predicted octanol–water partition coefficient (Wildman–Crippen LogP) is 0.968. The maximum absolute atomic E-state index is 12.8. The van der Waals surface area contributed by atoms with E-state index in [2.05, 4.69) is 5.32 Å². The number of carbonyl (C=O) groups excluding carboxylic acids is 2. The molecule has 2 amide bonds. The van der Waals surface area contributed by atoms with Gasteiger partial charge in [0.1, 0.15) is 19.0 Å². The van der Waals surface area contributed by atoms with Crippen molar-refractivity contribution >= 4 is 17.5 Å². The molecule has 31 heavy (non-hydrogen) atoms. The molecule has 1 unspecified atom stereocenters. The van der Waals surface area contributed by atoms with Gasteiger partial charge in [-0.15, -0.1) is 0 Å². The van der Waals surface area contributed by atoms with Crippen LogP contribution in [0.5, 0.6) is 17.2 Å². The molecule has 1 aliphatic rings. The largest absolute Gasteiger partial charge is 0.497 e. The van der Waals surface area contributed by atoms with Gasteiger partial charge in [-0.25, -0.2) is 0 Å². The third-order valence-electron chi connectivity index (χ3n) is 4.98. The first kappa shape index (κ1) is 22.4. The number of amides is 2. The van der Waals surface area contributed by atoms with Gasteiger partial charge in [0.25, 0.3) is 11.8 Å². The number of carbonyl (C=O) groups is 2. The fourth-order valence-electron chi connectivity index (χ4n) is 3.40. The summed E-state index contributed by atoms with van der Waals surface area (Å²) in [7, 11) is 3.41. The van der Waals surface area contributed by atoms with Crippen LogP contribution in [0, 0.1) is 0 Å². The van der Waals surface area contributed by atoms with Crippen LogP contribution in [0.4, 0.5) is 5.69 Å². The Balaban J connectivity index is 1.51. The Morgan fingerprint density at radius 3 is 2.61 bits per heavy atom. The second-order valence-electron chi connectivity index (χ2n) is 7.48. The van der Waals surface area contributed by atoms with Crippen molar-refractivity contribution in [2.45, 2.75) is 13.5 Å². The summed E-state index contributed by atoms with van der Waals surface area (Å²) >= 11 is 0. The quantitative estimate of drug-likeness (QED) is 0.622. The molecule has 1 atom stereocenters. The standard InChI is InChI=1S/C23H29N3O5/c1-4-26(14-17-8-9-20-21(12-17)31-11-10-30-20)23(28)16-25(2)15-22(27)24-18-6-5-7-19(13-18)29-3/h5-9,12-13H,4,10-11,14-16H2,1-3H3,(H,24,27)/p+1. The lowest BCUT2D eigenvalue weighted by molar-refractivity contribution is -0.862. The molecule has 0 radical (unpaired) electrons. The van der Waals surface area contributed by atoms with E-state index < -0.39 is 0 Å². The molecule has 0 spiro atoms. The van der Waals surface area contributed by atoms with Gasteiger partial charge in [0.2, 0.25) is 0 Å². The maximum atomic E-state index is 12.8. The fourth-order valence-corrected chi connectivity index (χ4v) is 3.40. The number of benzene rings is 2. The Bertz CT molecular complexity index is 918. The van der Waals surface area contributed by atoms with Crippen LogP contribution in [-0.2, 0) is 16.1 Å². The van der Waals surface area contributed by atoms with Crippen molar-refractivity contribution in [2.24, 2.45) is 0 Å². The fraction of sp³-hybridized carbons (Fsp3) is 0.391. The highest BCUT2D eigenvalue weighted by Crippen LogP contribution is 2.31. The van der Waals surface area contributed by atoms with Crippen LogP contribution in [0.15, 0.2) is 42.5 Å². The van der Waals surface area contributed by atoms with Gasteiger partial charge in [0.05, 0.1) is 14.2 Å². The molecule has 0 aromatic heterocycles. The molecule has 0 aliphatic carbocycles. The molecule has 2 N–H and O–H groups in total. The van der Waals surface area contributed by atoms with Crippen LogP contribution >= 0.6 is 0 Å². The molecule has 8 nitrogen and oxygen atoms in total. The second kappa shape index (κ2) is 10.7. The molecule has 0 fully saturated rings. The van der Waals surface area contributed by atoms with Gasteiger partial charge in [-0.1, -0.05) is 12.1 Å². The average Bonchev–Trinajstić information content (AvgIpc) is 2.77. The smallest absolute Gasteiger partial charge is 0.279 e. The Kier molecular flexibility index (Phi) is 7.72. The number of nitrogens with one attached hydrogen (secondary N) is 2. The highest BCUT2D eigenvalue weighted by atomic mass is 16.6. The van der Waals surface area contributed by atoms with Crippen molar-refractivity contribution in [3.63, 3.8) is 0 Å². The van der Waals surface area contributed by atoms with Gasteiger partial charge >= 0.3 is 0 Å². The Labute approximate surface area is 182 Å².